The molecule has 17 heavy (non-hydrogen) atoms. The summed E-state index contributed by atoms with van der Waals surface area (Å²) in [4.78, 5) is 2.57. The van der Waals surface area contributed by atoms with Crippen LogP contribution >= 0.6 is 38.8 Å². The van der Waals surface area contributed by atoms with Gasteiger partial charge in [-0.15, -0.1) is 16.4 Å². The molecular formula is C11H14BrN3S2. The van der Waals surface area contributed by atoms with Crippen LogP contribution in [-0.4, -0.2) is 16.1 Å². The molecule has 0 saturated heterocycles. The Morgan fingerprint density at radius 1 is 1.53 bits per heavy atom. The molecule has 2 rings (SSSR count). The van der Waals surface area contributed by atoms with Crippen LogP contribution < -0.4 is 5.32 Å². The van der Waals surface area contributed by atoms with E-state index in [0.29, 0.717) is 6.04 Å². The van der Waals surface area contributed by atoms with E-state index in [1.807, 2.05) is 6.20 Å². The van der Waals surface area contributed by atoms with E-state index in [-0.39, 0.29) is 0 Å². The maximum Gasteiger partial charge on any atom is 0.0669 e. The number of hydrogen-bond donors (Lipinski definition) is 1. The average molecular weight is 332 g/mol. The van der Waals surface area contributed by atoms with Crippen LogP contribution in [0.4, 0.5) is 0 Å². The molecule has 1 atom stereocenters. The van der Waals surface area contributed by atoms with Gasteiger partial charge in [-0.25, -0.2) is 0 Å². The van der Waals surface area contributed by atoms with Gasteiger partial charge in [0.15, 0.2) is 0 Å². The molecule has 0 amide bonds. The molecule has 92 valence electrons. The van der Waals surface area contributed by atoms with Crippen molar-refractivity contribution in [3.63, 3.8) is 0 Å². The molecule has 0 saturated carbocycles. The van der Waals surface area contributed by atoms with Crippen molar-refractivity contribution in [3.8, 4) is 0 Å². The predicted octanol–water partition coefficient (Wildman–Crippen LogP) is 3.65. The number of aromatic nitrogens is 2. The van der Waals surface area contributed by atoms with Gasteiger partial charge in [-0.05, 0) is 51.9 Å². The van der Waals surface area contributed by atoms with Gasteiger partial charge in [0, 0.05) is 21.8 Å². The molecule has 6 heteroatoms. The summed E-state index contributed by atoms with van der Waals surface area (Å²) in [5, 5.41) is 9.59. The van der Waals surface area contributed by atoms with Crippen molar-refractivity contribution in [2.75, 3.05) is 6.54 Å². The van der Waals surface area contributed by atoms with E-state index >= 15 is 0 Å². The summed E-state index contributed by atoms with van der Waals surface area (Å²) in [7, 11) is 0. The third-order valence-corrected chi connectivity index (χ3v) is 5.17. The second-order valence-corrected chi connectivity index (χ2v) is 6.39. The van der Waals surface area contributed by atoms with Crippen LogP contribution in [0, 0.1) is 0 Å². The first-order valence-electron chi connectivity index (χ1n) is 5.53. The van der Waals surface area contributed by atoms with E-state index < -0.39 is 0 Å². The van der Waals surface area contributed by atoms with E-state index in [1.165, 1.54) is 25.8 Å². The third kappa shape index (κ3) is 3.58. The van der Waals surface area contributed by atoms with Crippen LogP contribution in [0.15, 0.2) is 22.1 Å². The lowest BCUT2D eigenvalue weighted by Gasteiger charge is -2.15. The topological polar surface area (TPSA) is 37.8 Å². The van der Waals surface area contributed by atoms with Crippen molar-refractivity contribution < 1.29 is 0 Å². The summed E-state index contributed by atoms with van der Waals surface area (Å²) in [6, 6.07) is 2.42. The highest BCUT2D eigenvalue weighted by molar-refractivity contribution is 9.10. The summed E-state index contributed by atoms with van der Waals surface area (Å²) in [5.41, 5.74) is 0. The highest BCUT2D eigenvalue weighted by Crippen LogP contribution is 2.29. The van der Waals surface area contributed by atoms with Crippen LogP contribution in [-0.2, 0) is 6.42 Å². The summed E-state index contributed by atoms with van der Waals surface area (Å²) in [6.07, 6.45) is 3.98. The van der Waals surface area contributed by atoms with Crippen LogP contribution in [0.3, 0.4) is 0 Å². The van der Waals surface area contributed by atoms with Crippen molar-refractivity contribution >= 4 is 38.8 Å². The molecule has 1 N–H and O–H groups in total. The van der Waals surface area contributed by atoms with Crippen LogP contribution in [0.2, 0.25) is 0 Å². The number of hydrogen-bond acceptors (Lipinski definition) is 5. The lowest BCUT2D eigenvalue weighted by atomic mass is 10.1. The Balaban J connectivity index is 2.08. The Morgan fingerprint density at radius 2 is 2.41 bits per heavy atom. The first-order chi connectivity index (χ1) is 8.31. The maximum atomic E-state index is 3.95. The number of nitrogens with one attached hydrogen (secondary N) is 1. The molecule has 0 fully saturated rings. The molecule has 2 aromatic heterocycles. The van der Waals surface area contributed by atoms with Crippen LogP contribution in [0.5, 0.6) is 0 Å². The molecule has 0 aliphatic heterocycles. The zero-order valence-electron chi connectivity index (χ0n) is 9.52. The lowest BCUT2D eigenvalue weighted by Crippen LogP contribution is -2.23. The third-order valence-electron chi connectivity index (χ3n) is 2.44. The molecule has 0 aliphatic rings. The molecular weight excluding hydrogens is 318 g/mol. The molecule has 2 heterocycles. The molecule has 0 spiro atoms. The quantitative estimate of drug-likeness (QED) is 0.877. The van der Waals surface area contributed by atoms with Gasteiger partial charge in [-0.3, -0.25) is 0 Å². The van der Waals surface area contributed by atoms with Crippen molar-refractivity contribution in [1.29, 1.82) is 0 Å². The number of thiophene rings is 1. The molecule has 1 unspecified atom stereocenters. The standard InChI is InChI=1S/C11H14BrN3S2/c1-2-4-13-9(11-7-14-15-17-11)6-10-8(12)3-5-16-10/h3,5,7,9,13H,2,4,6H2,1H3. The monoisotopic (exact) mass is 331 g/mol. The fourth-order valence-electron chi connectivity index (χ4n) is 1.58. The van der Waals surface area contributed by atoms with Crippen molar-refractivity contribution in [1.82, 2.24) is 14.9 Å². The number of halogens is 1. The highest BCUT2D eigenvalue weighted by Gasteiger charge is 2.16. The fourth-order valence-corrected chi connectivity index (χ4v) is 3.71. The van der Waals surface area contributed by atoms with E-state index in [0.717, 1.165) is 19.4 Å². The van der Waals surface area contributed by atoms with Crippen molar-refractivity contribution in [2.24, 2.45) is 0 Å². The molecule has 0 radical (unpaired) electrons. The minimum Gasteiger partial charge on any atom is -0.309 e. The van der Waals surface area contributed by atoms with Crippen LogP contribution in [0.25, 0.3) is 0 Å². The average Bonchev–Trinajstić information content (AvgIpc) is 2.96. The highest BCUT2D eigenvalue weighted by atomic mass is 79.9. The minimum atomic E-state index is 0.324. The molecule has 0 bridgehead atoms. The summed E-state index contributed by atoms with van der Waals surface area (Å²) < 4.78 is 5.14. The number of rotatable bonds is 6. The van der Waals surface area contributed by atoms with Gasteiger partial charge >= 0.3 is 0 Å². The molecule has 0 aliphatic carbocycles. The van der Waals surface area contributed by atoms with Crippen LogP contribution in [0.1, 0.15) is 29.1 Å². The van der Waals surface area contributed by atoms with E-state index in [9.17, 15) is 0 Å². The summed E-state index contributed by atoms with van der Waals surface area (Å²) >= 11 is 6.84. The van der Waals surface area contributed by atoms with E-state index in [1.54, 1.807) is 11.3 Å². The van der Waals surface area contributed by atoms with Gasteiger partial charge < -0.3 is 5.32 Å². The minimum absolute atomic E-state index is 0.324. The van der Waals surface area contributed by atoms with Crippen molar-refractivity contribution in [2.45, 2.75) is 25.8 Å². The first kappa shape index (κ1) is 13.1. The SMILES string of the molecule is CCCNC(Cc1sccc1Br)c1cnns1. The molecule has 2 aromatic rings. The predicted molar refractivity (Wildman–Crippen MR) is 76.7 cm³/mol. The van der Waals surface area contributed by atoms with E-state index in [4.69, 9.17) is 0 Å². The zero-order valence-corrected chi connectivity index (χ0v) is 12.7. The lowest BCUT2D eigenvalue weighted by molar-refractivity contribution is 0.538. The Labute approximate surface area is 118 Å². The second-order valence-electron chi connectivity index (χ2n) is 3.72. The largest absolute Gasteiger partial charge is 0.309 e. The molecule has 3 nitrogen and oxygen atoms in total. The normalized spacial score (nSPS) is 12.8. The van der Waals surface area contributed by atoms with Gasteiger partial charge in [0.2, 0.25) is 0 Å². The Hall–Kier alpha value is -0.300. The smallest absolute Gasteiger partial charge is 0.0669 e. The Bertz CT molecular complexity index is 441. The Kier molecular flexibility index (Phi) is 5.09. The number of nitrogens with zero attached hydrogens (tertiary/aromatic N) is 2. The first-order valence-corrected chi connectivity index (χ1v) is 7.98. The summed E-state index contributed by atoms with van der Waals surface area (Å²) in [5.74, 6) is 0. The maximum absolute atomic E-state index is 3.95. The summed E-state index contributed by atoms with van der Waals surface area (Å²) in [6.45, 7) is 3.20. The van der Waals surface area contributed by atoms with Gasteiger partial charge in [-0.1, -0.05) is 11.4 Å². The fraction of sp³-hybridized carbons (Fsp3) is 0.455. The van der Waals surface area contributed by atoms with Gasteiger partial charge in [0.25, 0.3) is 0 Å². The van der Waals surface area contributed by atoms with Gasteiger partial charge in [0.05, 0.1) is 11.1 Å². The van der Waals surface area contributed by atoms with Gasteiger partial charge in [-0.2, -0.15) is 0 Å². The van der Waals surface area contributed by atoms with E-state index in [2.05, 4.69) is 49.2 Å². The zero-order chi connectivity index (χ0) is 12.1. The second kappa shape index (κ2) is 6.58. The van der Waals surface area contributed by atoms with Crippen molar-refractivity contribution in [3.05, 3.63) is 31.9 Å². The Morgan fingerprint density at radius 3 is 3.00 bits per heavy atom. The molecule has 0 aromatic carbocycles. The van der Waals surface area contributed by atoms with Gasteiger partial charge in [0.1, 0.15) is 0 Å².